The predicted molar refractivity (Wildman–Crippen MR) is 126 cm³/mol. The molecule has 0 amide bonds. The first-order chi connectivity index (χ1) is 16.7. The van der Waals surface area contributed by atoms with Gasteiger partial charge in [-0.05, 0) is 19.3 Å². The summed E-state index contributed by atoms with van der Waals surface area (Å²) in [7, 11) is 0. The van der Waals surface area contributed by atoms with E-state index in [1.54, 1.807) is 0 Å². The van der Waals surface area contributed by atoms with Gasteiger partial charge in [0.15, 0.2) is 12.6 Å². The molecule has 1 saturated heterocycles. The molecule has 1 fully saturated rings. The van der Waals surface area contributed by atoms with Crippen LogP contribution in [0, 0.1) is 0 Å². The molecule has 0 radical (unpaired) electrons. The third-order valence-corrected chi connectivity index (χ3v) is 6.42. The molecule has 1 rings (SSSR count). The van der Waals surface area contributed by atoms with Crippen molar-refractivity contribution in [3.05, 3.63) is 0 Å². The first-order valence-electron chi connectivity index (χ1n) is 13.0. The van der Waals surface area contributed by atoms with Crippen molar-refractivity contribution >= 4 is 0 Å². The molecular weight excluding hydrogens is 464 g/mol. The molecule has 0 aromatic rings. The van der Waals surface area contributed by atoms with Gasteiger partial charge in [-0.15, -0.1) is 0 Å². The monoisotopic (exact) mass is 512 g/mol. The number of hydrogen-bond donors (Lipinski definition) is 8. The number of hydrogen-bond acceptors (Lipinski definition) is 11. The van der Waals surface area contributed by atoms with Crippen molar-refractivity contribution in [2.75, 3.05) is 13.2 Å². The first kappa shape index (κ1) is 32.6. The fourth-order valence-corrected chi connectivity index (χ4v) is 4.22. The molecule has 1 aliphatic rings. The molecule has 0 spiro atoms. The zero-order chi connectivity index (χ0) is 26.4. The zero-order valence-corrected chi connectivity index (χ0v) is 21.1. The largest absolute Gasteiger partial charge is 0.396 e. The van der Waals surface area contributed by atoms with E-state index in [2.05, 4.69) is 6.92 Å². The molecule has 0 saturated carbocycles. The Balaban J connectivity index is 2.70. The maximum absolute atomic E-state index is 10.7. The summed E-state index contributed by atoms with van der Waals surface area (Å²) in [6.07, 6.45) is -5.97. The van der Waals surface area contributed by atoms with Gasteiger partial charge in [0.25, 0.3) is 0 Å². The average Bonchev–Trinajstić information content (AvgIpc) is 2.84. The minimum atomic E-state index is -1.79. The van der Waals surface area contributed by atoms with Crippen molar-refractivity contribution in [1.29, 1.82) is 0 Å². The van der Waals surface area contributed by atoms with Crippen LogP contribution in [0.2, 0.25) is 0 Å². The van der Waals surface area contributed by atoms with Gasteiger partial charge in [0.05, 0.1) is 18.8 Å². The Morgan fingerprint density at radius 1 is 0.743 bits per heavy atom. The highest BCUT2D eigenvalue weighted by molar-refractivity contribution is 4.90. The molecule has 10 atom stereocenters. The molecule has 1 heterocycles. The topological polar surface area (TPSA) is 190 Å². The van der Waals surface area contributed by atoms with Crippen LogP contribution in [0.1, 0.15) is 78.1 Å². The fourth-order valence-electron chi connectivity index (χ4n) is 4.22. The van der Waals surface area contributed by atoms with Crippen molar-refractivity contribution in [2.45, 2.75) is 139 Å². The lowest BCUT2D eigenvalue weighted by Gasteiger charge is -2.41. The van der Waals surface area contributed by atoms with Crippen molar-refractivity contribution < 1.29 is 55.1 Å². The summed E-state index contributed by atoms with van der Waals surface area (Å²) in [6, 6.07) is 0. The lowest BCUT2D eigenvalue weighted by atomic mass is 9.98. The Morgan fingerprint density at radius 3 is 2.00 bits per heavy atom. The van der Waals surface area contributed by atoms with Crippen molar-refractivity contribution in [3.63, 3.8) is 0 Å². The van der Waals surface area contributed by atoms with Crippen LogP contribution in [0.25, 0.3) is 0 Å². The second-order valence-electron chi connectivity index (χ2n) is 9.36. The molecule has 11 nitrogen and oxygen atoms in total. The molecule has 1 aliphatic heterocycles. The molecule has 10 unspecified atom stereocenters. The maximum Gasteiger partial charge on any atom is 0.187 e. The maximum atomic E-state index is 10.7. The number of aliphatic hydroxyl groups is 8. The highest BCUT2D eigenvalue weighted by Crippen LogP contribution is 2.25. The number of unbranched alkanes of at least 4 members (excludes halogenated alkanes) is 5. The van der Waals surface area contributed by atoms with Crippen molar-refractivity contribution in [3.8, 4) is 0 Å². The summed E-state index contributed by atoms with van der Waals surface area (Å²) in [5.74, 6) is 0. The second-order valence-corrected chi connectivity index (χ2v) is 9.36. The van der Waals surface area contributed by atoms with Crippen molar-refractivity contribution in [1.82, 2.24) is 0 Å². The van der Waals surface area contributed by atoms with E-state index in [1.807, 2.05) is 6.92 Å². The van der Waals surface area contributed by atoms with E-state index in [4.69, 9.17) is 14.2 Å². The van der Waals surface area contributed by atoms with Gasteiger partial charge >= 0.3 is 0 Å². The third kappa shape index (κ3) is 10.8. The van der Waals surface area contributed by atoms with Crippen LogP contribution in [-0.4, -0.2) is 115 Å². The number of aliphatic hydroxyl groups excluding tert-OH is 8. The molecule has 210 valence electrons. The van der Waals surface area contributed by atoms with E-state index in [9.17, 15) is 40.9 Å². The molecule has 11 heteroatoms. The van der Waals surface area contributed by atoms with E-state index < -0.39 is 68.5 Å². The lowest BCUT2D eigenvalue weighted by molar-refractivity contribution is -0.323. The fraction of sp³-hybridized carbons (Fsp3) is 1.00. The second kappa shape index (κ2) is 17.9. The first-order valence-corrected chi connectivity index (χ1v) is 13.0. The van der Waals surface area contributed by atoms with Gasteiger partial charge < -0.3 is 55.1 Å². The van der Waals surface area contributed by atoms with Gasteiger partial charge in [-0.25, -0.2) is 0 Å². The smallest absolute Gasteiger partial charge is 0.187 e. The van der Waals surface area contributed by atoms with Crippen LogP contribution in [0.5, 0.6) is 0 Å². The van der Waals surface area contributed by atoms with E-state index in [0.29, 0.717) is 12.8 Å². The Hall–Kier alpha value is -0.440. The highest BCUT2D eigenvalue weighted by atomic mass is 16.7. The summed E-state index contributed by atoms with van der Waals surface area (Å²) < 4.78 is 16.4. The van der Waals surface area contributed by atoms with Crippen LogP contribution < -0.4 is 0 Å². The van der Waals surface area contributed by atoms with Crippen LogP contribution in [0.3, 0.4) is 0 Å². The van der Waals surface area contributed by atoms with Crippen molar-refractivity contribution in [2.24, 2.45) is 0 Å². The van der Waals surface area contributed by atoms with E-state index in [0.717, 1.165) is 25.7 Å². The van der Waals surface area contributed by atoms with E-state index >= 15 is 0 Å². The van der Waals surface area contributed by atoms with Crippen LogP contribution >= 0.6 is 0 Å². The molecule has 0 aliphatic carbocycles. The minimum Gasteiger partial charge on any atom is -0.396 e. The molecule has 0 bridgehead atoms. The number of ether oxygens (including phenoxy) is 3. The summed E-state index contributed by atoms with van der Waals surface area (Å²) in [4.78, 5) is 0. The van der Waals surface area contributed by atoms with E-state index in [1.165, 1.54) is 19.3 Å². The number of rotatable bonds is 19. The highest BCUT2D eigenvalue weighted by Gasteiger charge is 2.46. The predicted octanol–water partition coefficient (Wildman–Crippen LogP) is -0.470. The zero-order valence-electron chi connectivity index (χ0n) is 21.1. The third-order valence-electron chi connectivity index (χ3n) is 6.42. The minimum absolute atomic E-state index is 0.198. The summed E-state index contributed by atoms with van der Waals surface area (Å²) >= 11 is 0. The van der Waals surface area contributed by atoms with Gasteiger partial charge in [0.1, 0.15) is 36.6 Å². The van der Waals surface area contributed by atoms with Gasteiger partial charge in [-0.1, -0.05) is 58.8 Å². The summed E-state index contributed by atoms with van der Waals surface area (Å²) in [5.41, 5.74) is 0. The quantitative estimate of drug-likeness (QED) is 0.0825. The SMILES string of the molecule is CCCCCCCCC(CCC)OC(O)C(O)C(O)C(CCO)OC1OC(CO)C(O)C(O)C1O. The Labute approximate surface area is 208 Å². The van der Waals surface area contributed by atoms with Gasteiger partial charge in [-0.3, -0.25) is 0 Å². The van der Waals surface area contributed by atoms with Gasteiger partial charge in [-0.2, -0.15) is 0 Å². The van der Waals surface area contributed by atoms with Crippen LogP contribution in [-0.2, 0) is 14.2 Å². The van der Waals surface area contributed by atoms with Crippen LogP contribution in [0.4, 0.5) is 0 Å². The van der Waals surface area contributed by atoms with E-state index in [-0.39, 0.29) is 12.5 Å². The molecular formula is C24H48O11. The van der Waals surface area contributed by atoms with Crippen LogP contribution in [0.15, 0.2) is 0 Å². The molecule has 35 heavy (non-hydrogen) atoms. The summed E-state index contributed by atoms with van der Waals surface area (Å²) in [5, 5.41) is 80.4. The summed E-state index contributed by atoms with van der Waals surface area (Å²) in [6.45, 7) is 3.02. The molecule has 8 N–H and O–H groups in total. The van der Waals surface area contributed by atoms with Gasteiger partial charge in [0.2, 0.25) is 0 Å². The Kier molecular flexibility index (Phi) is 16.7. The standard InChI is InChI=1S/C24H48O11/c1-3-5-6-7-8-9-11-15(10-4-2)33-23(32)21(30)18(27)16(12-13-25)34-24-22(31)20(29)19(28)17(14-26)35-24/h15-32H,3-14H2,1-2H3. The molecule has 0 aromatic heterocycles. The van der Waals surface area contributed by atoms with Gasteiger partial charge in [0, 0.05) is 6.61 Å². The lowest BCUT2D eigenvalue weighted by Crippen LogP contribution is -2.60. The Bertz CT molecular complexity index is 524. The molecule has 0 aromatic carbocycles. The normalized spacial score (nSPS) is 29.5. The average molecular weight is 513 g/mol. The Morgan fingerprint density at radius 2 is 1.40 bits per heavy atom.